The van der Waals surface area contributed by atoms with Crippen molar-refractivity contribution in [3.63, 3.8) is 0 Å². The number of hydrogen-bond donors (Lipinski definition) is 0. The second-order valence-electron chi connectivity index (χ2n) is 5.84. The van der Waals surface area contributed by atoms with Crippen LogP contribution < -0.4 is 0 Å². The molecule has 0 spiro atoms. The van der Waals surface area contributed by atoms with Crippen molar-refractivity contribution >= 4 is 15.7 Å². The van der Waals surface area contributed by atoms with E-state index in [0.29, 0.717) is 6.61 Å². The third-order valence-corrected chi connectivity index (χ3v) is 6.13. The van der Waals surface area contributed by atoms with Crippen LogP contribution in [0.25, 0.3) is 0 Å². The van der Waals surface area contributed by atoms with Crippen LogP contribution in [-0.4, -0.2) is 36.9 Å². The molecule has 2 atom stereocenters. The maximum Gasteiger partial charge on any atom is 0.289 e. The lowest BCUT2D eigenvalue weighted by Gasteiger charge is -2.28. The monoisotopic (exact) mass is 362 g/mol. The van der Waals surface area contributed by atoms with Crippen LogP contribution >= 0.6 is 0 Å². The summed E-state index contributed by atoms with van der Waals surface area (Å²) < 4.78 is 32.9. The Hall–Kier alpha value is -2.29. The summed E-state index contributed by atoms with van der Waals surface area (Å²) in [7, 11) is -4.07. The molecule has 0 radical (unpaired) electrons. The number of para-hydroxylation sites is 1. The van der Waals surface area contributed by atoms with Gasteiger partial charge in [0.1, 0.15) is 0 Å². The van der Waals surface area contributed by atoms with E-state index in [4.69, 9.17) is 4.74 Å². The molecule has 1 saturated heterocycles. The molecule has 2 aromatic carbocycles. The molecule has 1 aliphatic heterocycles. The van der Waals surface area contributed by atoms with Crippen molar-refractivity contribution in [2.45, 2.75) is 24.0 Å². The number of epoxide rings is 1. The number of ether oxygens (including phenoxy) is 1. The second-order valence-corrected chi connectivity index (χ2v) is 7.70. The van der Waals surface area contributed by atoms with Crippen LogP contribution in [0.3, 0.4) is 0 Å². The van der Waals surface area contributed by atoms with Crippen LogP contribution in [0.2, 0.25) is 0 Å². The van der Waals surface area contributed by atoms with Gasteiger partial charge in [0.15, 0.2) is 4.90 Å². The Bertz CT molecular complexity index is 866. The maximum absolute atomic E-state index is 13.2. The molecular weight excluding hydrogens is 344 g/mol. The SMILES string of the molecule is CC(c1ccccc1)N(CC1CO1)S(=O)(=O)c1ccccc1[N+](=O)[O-]. The van der Waals surface area contributed by atoms with Crippen molar-refractivity contribution in [3.05, 3.63) is 70.3 Å². The molecule has 3 rings (SSSR count). The van der Waals surface area contributed by atoms with Crippen LogP contribution in [0, 0.1) is 10.1 Å². The van der Waals surface area contributed by atoms with Gasteiger partial charge in [0.25, 0.3) is 15.7 Å². The summed E-state index contributed by atoms with van der Waals surface area (Å²) in [5.41, 5.74) is 0.384. The summed E-state index contributed by atoms with van der Waals surface area (Å²) in [6.45, 7) is 2.42. The van der Waals surface area contributed by atoms with Crippen LogP contribution in [0.5, 0.6) is 0 Å². The van der Waals surface area contributed by atoms with Gasteiger partial charge >= 0.3 is 0 Å². The van der Waals surface area contributed by atoms with E-state index < -0.39 is 26.7 Å². The highest BCUT2D eigenvalue weighted by Crippen LogP contribution is 2.33. The summed E-state index contributed by atoms with van der Waals surface area (Å²) >= 11 is 0. The summed E-state index contributed by atoms with van der Waals surface area (Å²) in [6, 6.07) is 14.1. The fourth-order valence-electron chi connectivity index (χ4n) is 2.69. The topological polar surface area (TPSA) is 93.1 Å². The number of rotatable bonds is 7. The number of nitro benzene ring substituents is 1. The predicted octanol–water partition coefficient (Wildman–Crippen LogP) is 2.75. The maximum atomic E-state index is 13.2. The van der Waals surface area contributed by atoms with Crippen molar-refractivity contribution in [3.8, 4) is 0 Å². The van der Waals surface area contributed by atoms with Gasteiger partial charge < -0.3 is 4.74 Å². The minimum absolute atomic E-state index is 0.157. The van der Waals surface area contributed by atoms with E-state index in [1.165, 1.54) is 28.6 Å². The molecule has 25 heavy (non-hydrogen) atoms. The zero-order valence-corrected chi connectivity index (χ0v) is 14.4. The molecule has 132 valence electrons. The molecule has 0 N–H and O–H groups in total. The zero-order chi connectivity index (χ0) is 18.0. The Labute approximate surface area is 146 Å². The number of benzene rings is 2. The van der Waals surface area contributed by atoms with Gasteiger partial charge in [0.2, 0.25) is 0 Å². The molecule has 7 nitrogen and oxygen atoms in total. The lowest BCUT2D eigenvalue weighted by atomic mass is 10.1. The van der Waals surface area contributed by atoms with Gasteiger partial charge in [-0.05, 0) is 18.6 Å². The van der Waals surface area contributed by atoms with Gasteiger partial charge in [0.05, 0.1) is 17.6 Å². The molecule has 0 aromatic heterocycles. The first-order valence-electron chi connectivity index (χ1n) is 7.83. The first-order valence-corrected chi connectivity index (χ1v) is 9.27. The third kappa shape index (κ3) is 3.71. The van der Waals surface area contributed by atoms with Crippen LogP contribution in [0.1, 0.15) is 18.5 Å². The van der Waals surface area contributed by atoms with E-state index in [2.05, 4.69) is 0 Å². The fraction of sp³-hybridized carbons (Fsp3) is 0.294. The van der Waals surface area contributed by atoms with Gasteiger partial charge in [-0.25, -0.2) is 8.42 Å². The summed E-state index contributed by atoms with van der Waals surface area (Å²) in [5, 5.41) is 11.3. The molecule has 0 bridgehead atoms. The van der Waals surface area contributed by atoms with Gasteiger partial charge in [-0.3, -0.25) is 10.1 Å². The normalized spacial score (nSPS) is 18.1. The van der Waals surface area contributed by atoms with E-state index >= 15 is 0 Å². The zero-order valence-electron chi connectivity index (χ0n) is 13.6. The number of nitrogens with zero attached hydrogens (tertiary/aromatic N) is 2. The average Bonchev–Trinajstić information content (AvgIpc) is 3.44. The molecule has 0 saturated carbocycles. The van der Waals surface area contributed by atoms with E-state index in [1.54, 1.807) is 6.92 Å². The van der Waals surface area contributed by atoms with Gasteiger partial charge in [-0.15, -0.1) is 0 Å². The first kappa shape index (κ1) is 17.5. The summed E-state index contributed by atoms with van der Waals surface area (Å²) in [6.07, 6.45) is -0.177. The lowest BCUT2D eigenvalue weighted by molar-refractivity contribution is -0.387. The average molecular weight is 362 g/mol. The van der Waals surface area contributed by atoms with Crippen molar-refractivity contribution in [2.24, 2.45) is 0 Å². The minimum atomic E-state index is -4.07. The molecule has 1 heterocycles. The van der Waals surface area contributed by atoms with E-state index in [-0.39, 0.29) is 17.5 Å². The van der Waals surface area contributed by atoms with Crippen LogP contribution in [-0.2, 0) is 14.8 Å². The standard InChI is InChI=1S/C17H18N2O5S/c1-13(14-7-3-2-4-8-14)18(11-15-12-24-15)25(22,23)17-10-6-5-9-16(17)19(20)21/h2-10,13,15H,11-12H2,1H3. The molecule has 0 amide bonds. The van der Waals surface area contributed by atoms with E-state index in [9.17, 15) is 18.5 Å². The van der Waals surface area contributed by atoms with Crippen LogP contribution in [0.4, 0.5) is 5.69 Å². The van der Waals surface area contributed by atoms with Crippen molar-refractivity contribution in [2.75, 3.05) is 13.2 Å². The Morgan fingerprint density at radius 1 is 1.20 bits per heavy atom. The van der Waals surface area contributed by atoms with Crippen LogP contribution in [0.15, 0.2) is 59.5 Å². The van der Waals surface area contributed by atoms with E-state index in [0.717, 1.165) is 5.56 Å². The van der Waals surface area contributed by atoms with E-state index in [1.807, 2.05) is 30.3 Å². The fourth-order valence-corrected chi connectivity index (χ4v) is 4.50. The Morgan fingerprint density at radius 2 is 1.80 bits per heavy atom. The molecular formula is C17H18N2O5S. The quantitative estimate of drug-likeness (QED) is 0.429. The smallest absolute Gasteiger partial charge is 0.289 e. The highest BCUT2D eigenvalue weighted by Gasteiger charge is 2.38. The molecule has 1 fully saturated rings. The Balaban J connectivity index is 2.05. The highest BCUT2D eigenvalue weighted by molar-refractivity contribution is 7.89. The third-order valence-electron chi connectivity index (χ3n) is 4.15. The minimum Gasteiger partial charge on any atom is -0.372 e. The Kier molecular flexibility index (Phi) is 4.85. The van der Waals surface area contributed by atoms with Crippen molar-refractivity contribution < 1.29 is 18.1 Å². The molecule has 0 aliphatic carbocycles. The summed E-state index contributed by atoms with van der Waals surface area (Å²) in [4.78, 5) is 10.3. The Morgan fingerprint density at radius 3 is 2.40 bits per heavy atom. The number of nitro groups is 1. The molecule has 2 aromatic rings. The number of hydrogen-bond acceptors (Lipinski definition) is 5. The van der Waals surface area contributed by atoms with Gasteiger partial charge in [-0.2, -0.15) is 4.31 Å². The lowest BCUT2D eigenvalue weighted by Crippen LogP contribution is -2.37. The highest BCUT2D eigenvalue weighted by atomic mass is 32.2. The summed E-state index contributed by atoms with van der Waals surface area (Å²) in [5.74, 6) is 0. The van der Waals surface area contributed by atoms with Gasteiger partial charge in [-0.1, -0.05) is 42.5 Å². The largest absolute Gasteiger partial charge is 0.372 e. The predicted molar refractivity (Wildman–Crippen MR) is 91.6 cm³/mol. The first-order chi connectivity index (χ1) is 11.9. The van der Waals surface area contributed by atoms with Crippen molar-refractivity contribution in [1.29, 1.82) is 0 Å². The molecule has 2 unspecified atom stereocenters. The molecule has 1 aliphatic rings. The molecule has 8 heteroatoms. The number of sulfonamides is 1. The second kappa shape index (κ2) is 6.91. The van der Waals surface area contributed by atoms with Gasteiger partial charge in [0, 0.05) is 18.7 Å². The van der Waals surface area contributed by atoms with Crippen molar-refractivity contribution in [1.82, 2.24) is 4.31 Å².